The molecule has 0 aliphatic rings. The lowest BCUT2D eigenvalue weighted by Crippen LogP contribution is -2.12. The molecule has 0 spiro atoms. The molecule has 1 aromatic carbocycles. The number of benzene rings is 1. The highest BCUT2D eigenvalue weighted by molar-refractivity contribution is 6.28. The lowest BCUT2D eigenvalue weighted by Gasteiger charge is -2.03. The summed E-state index contributed by atoms with van der Waals surface area (Å²) in [5, 5.41) is 7.87. The Balaban J connectivity index is 2.33. The molecular formula is C12H13ClFN5. The van der Waals surface area contributed by atoms with E-state index >= 15 is 0 Å². The molecule has 1 heterocycles. The zero-order chi connectivity index (χ0) is 13.8. The number of aliphatic imine (C=N–C) groups is 1. The highest BCUT2D eigenvalue weighted by Crippen LogP contribution is 2.20. The van der Waals surface area contributed by atoms with Crippen LogP contribution in [-0.2, 0) is 6.42 Å². The lowest BCUT2D eigenvalue weighted by atomic mass is 10.2. The first-order valence-electron chi connectivity index (χ1n) is 5.74. The maximum absolute atomic E-state index is 13.9. The van der Waals surface area contributed by atoms with E-state index in [0.29, 0.717) is 5.69 Å². The van der Waals surface area contributed by atoms with Gasteiger partial charge in [-0.1, -0.05) is 12.1 Å². The number of hydrogen-bond donors (Lipinski definition) is 1. The van der Waals surface area contributed by atoms with Crippen molar-refractivity contribution < 1.29 is 4.39 Å². The molecule has 2 aromatic rings. The van der Waals surface area contributed by atoms with E-state index in [0.717, 1.165) is 12.1 Å². The summed E-state index contributed by atoms with van der Waals surface area (Å²) < 4.78 is 15.4. The van der Waals surface area contributed by atoms with Crippen LogP contribution in [0.5, 0.6) is 0 Å². The van der Waals surface area contributed by atoms with Crippen molar-refractivity contribution in [2.45, 2.75) is 13.3 Å². The van der Waals surface area contributed by atoms with E-state index in [2.05, 4.69) is 15.3 Å². The van der Waals surface area contributed by atoms with Gasteiger partial charge in [0.2, 0.25) is 0 Å². The van der Waals surface area contributed by atoms with Gasteiger partial charge >= 0.3 is 0 Å². The summed E-state index contributed by atoms with van der Waals surface area (Å²) >= 11 is 5.50. The summed E-state index contributed by atoms with van der Waals surface area (Å²) in [6, 6.07) is 4.55. The average molecular weight is 282 g/mol. The van der Waals surface area contributed by atoms with Crippen molar-refractivity contribution in [1.82, 2.24) is 15.0 Å². The van der Waals surface area contributed by atoms with Gasteiger partial charge in [0.05, 0.1) is 23.5 Å². The number of aromatic nitrogens is 3. The summed E-state index contributed by atoms with van der Waals surface area (Å²) in [5.41, 5.74) is 7.04. The molecule has 0 bridgehead atoms. The molecule has 1 aromatic heterocycles. The van der Waals surface area contributed by atoms with Crippen molar-refractivity contribution >= 4 is 23.1 Å². The zero-order valence-corrected chi connectivity index (χ0v) is 11.1. The molecule has 7 heteroatoms. The lowest BCUT2D eigenvalue weighted by molar-refractivity contribution is 0.627. The van der Waals surface area contributed by atoms with Gasteiger partial charge in [-0.3, -0.25) is 0 Å². The fourth-order valence-corrected chi connectivity index (χ4v) is 1.56. The smallest absolute Gasteiger partial charge is 0.151 e. The van der Waals surface area contributed by atoms with Crippen LogP contribution < -0.4 is 5.73 Å². The van der Waals surface area contributed by atoms with Crippen LogP contribution in [0.4, 0.5) is 10.1 Å². The molecular weight excluding hydrogens is 269 g/mol. The fraction of sp³-hybridized carbons (Fsp3) is 0.250. The van der Waals surface area contributed by atoms with Crippen LogP contribution in [0.25, 0.3) is 5.69 Å². The van der Waals surface area contributed by atoms with E-state index < -0.39 is 5.82 Å². The highest BCUT2D eigenvalue weighted by Gasteiger charge is 2.06. The molecule has 0 saturated heterocycles. The van der Waals surface area contributed by atoms with Crippen LogP contribution in [0.3, 0.4) is 0 Å². The number of hydrogen-bond acceptors (Lipinski definition) is 3. The van der Waals surface area contributed by atoms with Crippen LogP contribution in [-0.4, -0.2) is 26.7 Å². The molecule has 0 aliphatic carbocycles. The Morgan fingerprint density at radius 1 is 1.53 bits per heavy atom. The Morgan fingerprint density at radius 3 is 2.89 bits per heavy atom. The number of nitrogens with two attached hydrogens (primary N) is 1. The Bertz CT molecular complexity index is 608. The van der Waals surface area contributed by atoms with Crippen LogP contribution >= 0.6 is 11.6 Å². The minimum Gasteiger partial charge on any atom is -0.386 e. The van der Waals surface area contributed by atoms with Crippen LogP contribution in [0.2, 0.25) is 0 Å². The van der Waals surface area contributed by atoms with E-state index in [1.54, 1.807) is 12.3 Å². The van der Waals surface area contributed by atoms with Crippen molar-refractivity contribution in [3.05, 3.63) is 35.9 Å². The summed E-state index contributed by atoms with van der Waals surface area (Å²) in [4.78, 5) is 3.88. The predicted molar refractivity (Wildman–Crippen MR) is 72.7 cm³/mol. The maximum atomic E-state index is 13.9. The topological polar surface area (TPSA) is 69.1 Å². The fourth-order valence-electron chi connectivity index (χ4n) is 1.50. The third kappa shape index (κ3) is 3.08. The van der Waals surface area contributed by atoms with Gasteiger partial charge in [0.15, 0.2) is 5.82 Å². The molecule has 0 amide bonds. The van der Waals surface area contributed by atoms with Gasteiger partial charge in [-0.25, -0.2) is 14.1 Å². The van der Waals surface area contributed by atoms with E-state index in [4.69, 9.17) is 17.3 Å². The Hall–Kier alpha value is -1.95. The Morgan fingerprint density at radius 2 is 2.32 bits per heavy atom. The van der Waals surface area contributed by atoms with Crippen molar-refractivity contribution in [2.75, 3.05) is 5.88 Å². The molecule has 0 atom stereocenters. The monoisotopic (exact) mass is 281 g/mol. The largest absolute Gasteiger partial charge is 0.386 e. The second-order valence-corrected chi connectivity index (χ2v) is 4.15. The SMILES string of the molecule is CCc1cn(-c2ccc(N=C(N)CCl)c(F)c2)nn1. The summed E-state index contributed by atoms with van der Waals surface area (Å²) in [6.07, 6.45) is 2.53. The van der Waals surface area contributed by atoms with Gasteiger partial charge in [-0.05, 0) is 18.6 Å². The predicted octanol–water partition coefficient (Wildman–Crippen LogP) is 2.20. The van der Waals surface area contributed by atoms with Gasteiger partial charge in [-0.2, -0.15) is 0 Å². The molecule has 0 unspecified atom stereocenters. The molecule has 2 N–H and O–H groups in total. The molecule has 2 rings (SSSR count). The quantitative estimate of drug-likeness (QED) is 0.531. The van der Waals surface area contributed by atoms with Crippen molar-refractivity contribution in [1.29, 1.82) is 0 Å². The first kappa shape index (κ1) is 13.5. The number of rotatable bonds is 4. The van der Waals surface area contributed by atoms with Crippen LogP contribution in [0.15, 0.2) is 29.4 Å². The van der Waals surface area contributed by atoms with Crippen molar-refractivity contribution in [3.8, 4) is 5.69 Å². The normalized spacial score (nSPS) is 11.8. The zero-order valence-electron chi connectivity index (χ0n) is 10.3. The van der Waals surface area contributed by atoms with E-state index in [9.17, 15) is 4.39 Å². The van der Waals surface area contributed by atoms with E-state index in [1.165, 1.54) is 16.8 Å². The van der Waals surface area contributed by atoms with Gasteiger partial charge in [0.25, 0.3) is 0 Å². The molecule has 0 saturated carbocycles. The van der Waals surface area contributed by atoms with E-state index in [1.807, 2.05) is 6.92 Å². The molecule has 5 nitrogen and oxygen atoms in total. The Labute approximate surface area is 114 Å². The van der Waals surface area contributed by atoms with Crippen LogP contribution in [0.1, 0.15) is 12.6 Å². The molecule has 0 fully saturated rings. The summed E-state index contributed by atoms with van der Waals surface area (Å²) in [7, 11) is 0. The second kappa shape index (κ2) is 5.79. The van der Waals surface area contributed by atoms with Gasteiger partial charge in [-0.15, -0.1) is 16.7 Å². The van der Waals surface area contributed by atoms with Gasteiger partial charge in [0.1, 0.15) is 11.5 Å². The maximum Gasteiger partial charge on any atom is 0.151 e. The number of halogens is 2. The standard InChI is InChI=1S/C12H13ClFN5/c1-2-8-7-19(18-17-8)9-3-4-11(10(14)5-9)16-12(15)6-13/h3-5,7H,2,6H2,1H3,(H2,15,16). The summed E-state index contributed by atoms with van der Waals surface area (Å²) in [5.74, 6) is -0.258. The average Bonchev–Trinajstić information content (AvgIpc) is 2.89. The third-order valence-electron chi connectivity index (χ3n) is 2.50. The number of amidine groups is 1. The minimum absolute atomic E-state index is 0.0597. The first-order chi connectivity index (χ1) is 9.13. The van der Waals surface area contributed by atoms with Gasteiger partial charge in [0, 0.05) is 6.07 Å². The van der Waals surface area contributed by atoms with Gasteiger partial charge < -0.3 is 5.73 Å². The number of alkyl halides is 1. The summed E-state index contributed by atoms with van der Waals surface area (Å²) in [6.45, 7) is 1.97. The molecule has 0 radical (unpaired) electrons. The van der Waals surface area contributed by atoms with Crippen molar-refractivity contribution in [3.63, 3.8) is 0 Å². The van der Waals surface area contributed by atoms with Crippen molar-refractivity contribution in [2.24, 2.45) is 10.7 Å². The number of nitrogens with zero attached hydrogens (tertiary/aromatic N) is 4. The molecule has 0 aliphatic heterocycles. The first-order valence-corrected chi connectivity index (χ1v) is 6.27. The second-order valence-electron chi connectivity index (χ2n) is 3.88. The highest BCUT2D eigenvalue weighted by atomic mass is 35.5. The number of aryl methyl sites for hydroxylation is 1. The van der Waals surface area contributed by atoms with Crippen LogP contribution in [0, 0.1) is 5.82 Å². The molecule has 19 heavy (non-hydrogen) atoms. The molecule has 100 valence electrons. The van der Waals surface area contributed by atoms with E-state index in [-0.39, 0.29) is 17.4 Å². The minimum atomic E-state index is -0.487. The third-order valence-corrected chi connectivity index (χ3v) is 2.77. The Kier molecular flexibility index (Phi) is 4.11.